The standard InChI is InChI=1S/C22H21ClF2N8O/c1-32(2)8-3-9-34-17-5-4-16(19(24)20(17)25)33-22(29-30-31-33)15-10-14(12-28-21(15)26)13-6-7-27-18(23)11-13/h4-7,10-12H,3,8-9H2,1-2H3,(H2,26,28). The fourth-order valence-corrected chi connectivity index (χ4v) is 3.45. The normalized spacial score (nSPS) is 11.2. The molecule has 0 bridgehead atoms. The van der Waals surface area contributed by atoms with Crippen molar-refractivity contribution in [2.75, 3.05) is 33.0 Å². The lowest BCUT2D eigenvalue weighted by Crippen LogP contribution is -2.16. The highest BCUT2D eigenvalue weighted by Gasteiger charge is 2.22. The van der Waals surface area contributed by atoms with Crippen molar-refractivity contribution in [1.82, 2.24) is 35.1 Å². The molecule has 0 saturated heterocycles. The summed E-state index contributed by atoms with van der Waals surface area (Å²) in [5, 5.41) is 11.7. The molecule has 0 fully saturated rings. The van der Waals surface area contributed by atoms with E-state index in [2.05, 4.69) is 25.5 Å². The highest BCUT2D eigenvalue weighted by molar-refractivity contribution is 6.29. The highest BCUT2D eigenvalue weighted by Crippen LogP contribution is 2.32. The van der Waals surface area contributed by atoms with Gasteiger partial charge in [0.25, 0.3) is 0 Å². The predicted molar refractivity (Wildman–Crippen MR) is 124 cm³/mol. The Bertz CT molecular complexity index is 1310. The van der Waals surface area contributed by atoms with Gasteiger partial charge in [-0.1, -0.05) is 11.6 Å². The number of nitrogen functional groups attached to an aromatic ring is 1. The Morgan fingerprint density at radius 2 is 1.91 bits per heavy atom. The average molecular weight is 487 g/mol. The molecule has 12 heteroatoms. The molecule has 0 aliphatic carbocycles. The molecule has 4 rings (SSSR count). The summed E-state index contributed by atoms with van der Waals surface area (Å²) in [6.45, 7) is 1.01. The summed E-state index contributed by atoms with van der Waals surface area (Å²) in [5.74, 6) is -2.27. The lowest BCUT2D eigenvalue weighted by molar-refractivity contribution is 0.267. The summed E-state index contributed by atoms with van der Waals surface area (Å²) in [6.07, 6.45) is 3.78. The van der Waals surface area contributed by atoms with Crippen LogP contribution in [0.1, 0.15) is 6.42 Å². The van der Waals surface area contributed by atoms with Crippen LogP contribution in [0.2, 0.25) is 5.15 Å². The number of rotatable bonds is 8. The fourth-order valence-electron chi connectivity index (χ4n) is 3.27. The zero-order valence-electron chi connectivity index (χ0n) is 18.4. The molecule has 0 radical (unpaired) electrons. The Morgan fingerprint density at radius 1 is 1.09 bits per heavy atom. The molecule has 34 heavy (non-hydrogen) atoms. The van der Waals surface area contributed by atoms with E-state index in [1.807, 2.05) is 19.0 Å². The lowest BCUT2D eigenvalue weighted by Gasteiger charge is -2.13. The van der Waals surface area contributed by atoms with Crippen molar-refractivity contribution in [3.8, 4) is 34.0 Å². The third-order valence-electron chi connectivity index (χ3n) is 4.95. The van der Waals surface area contributed by atoms with Crippen molar-refractivity contribution in [2.45, 2.75) is 6.42 Å². The number of hydrogen-bond acceptors (Lipinski definition) is 8. The Labute approximate surface area is 199 Å². The Hall–Kier alpha value is -3.70. The molecular weight excluding hydrogens is 466 g/mol. The van der Waals surface area contributed by atoms with Crippen molar-refractivity contribution in [3.05, 3.63) is 59.5 Å². The van der Waals surface area contributed by atoms with Crippen molar-refractivity contribution in [2.24, 2.45) is 0 Å². The maximum absolute atomic E-state index is 15.0. The number of nitrogens with two attached hydrogens (primary N) is 1. The van der Waals surface area contributed by atoms with Gasteiger partial charge in [-0.25, -0.2) is 14.4 Å². The van der Waals surface area contributed by atoms with Crippen LogP contribution in [0.4, 0.5) is 14.6 Å². The van der Waals surface area contributed by atoms with Gasteiger partial charge in [-0.15, -0.1) is 5.10 Å². The highest BCUT2D eigenvalue weighted by atomic mass is 35.5. The molecule has 3 heterocycles. The van der Waals surface area contributed by atoms with Crippen LogP contribution >= 0.6 is 11.6 Å². The van der Waals surface area contributed by atoms with Gasteiger partial charge < -0.3 is 15.4 Å². The Kier molecular flexibility index (Phi) is 6.94. The number of tetrazole rings is 1. The zero-order valence-corrected chi connectivity index (χ0v) is 19.2. The second-order valence-corrected chi connectivity index (χ2v) is 8.04. The van der Waals surface area contributed by atoms with Gasteiger partial charge in [0.15, 0.2) is 17.4 Å². The maximum atomic E-state index is 15.0. The first-order chi connectivity index (χ1) is 16.3. The quantitative estimate of drug-likeness (QED) is 0.297. The third-order valence-corrected chi connectivity index (χ3v) is 5.16. The van der Waals surface area contributed by atoms with E-state index < -0.39 is 11.6 Å². The summed E-state index contributed by atoms with van der Waals surface area (Å²) in [4.78, 5) is 10.1. The number of ether oxygens (including phenoxy) is 1. The SMILES string of the molecule is CN(C)CCCOc1ccc(-n2nnnc2-c2cc(-c3ccnc(Cl)c3)cnc2N)c(F)c1F. The van der Waals surface area contributed by atoms with Gasteiger partial charge >= 0.3 is 0 Å². The molecule has 0 spiro atoms. The second kappa shape index (κ2) is 10.1. The molecule has 9 nitrogen and oxygen atoms in total. The van der Waals surface area contributed by atoms with Crippen LogP contribution in [-0.4, -0.2) is 62.3 Å². The average Bonchev–Trinajstić information content (AvgIpc) is 3.29. The van der Waals surface area contributed by atoms with Gasteiger partial charge in [0.2, 0.25) is 5.82 Å². The summed E-state index contributed by atoms with van der Waals surface area (Å²) >= 11 is 5.99. The number of anilines is 1. The smallest absolute Gasteiger partial charge is 0.202 e. The van der Waals surface area contributed by atoms with Crippen LogP contribution in [0.15, 0.2) is 42.7 Å². The van der Waals surface area contributed by atoms with Gasteiger partial charge in [0.05, 0.1) is 12.2 Å². The molecular formula is C22H21ClF2N8O. The molecule has 176 valence electrons. The van der Waals surface area contributed by atoms with Gasteiger partial charge in [0, 0.05) is 24.5 Å². The minimum absolute atomic E-state index is 0.0879. The molecule has 0 unspecified atom stereocenters. The number of aromatic nitrogens is 6. The van der Waals surface area contributed by atoms with Crippen LogP contribution in [0.25, 0.3) is 28.2 Å². The van der Waals surface area contributed by atoms with E-state index in [1.54, 1.807) is 30.6 Å². The van der Waals surface area contributed by atoms with Crippen molar-refractivity contribution in [3.63, 3.8) is 0 Å². The number of pyridine rings is 2. The predicted octanol–water partition coefficient (Wildman–Crippen LogP) is 3.63. The van der Waals surface area contributed by atoms with Crippen LogP contribution in [-0.2, 0) is 0 Å². The Morgan fingerprint density at radius 3 is 2.68 bits per heavy atom. The largest absolute Gasteiger partial charge is 0.490 e. The topological polar surface area (TPSA) is 108 Å². The molecule has 4 aromatic rings. The van der Waals surface area contributed by atoms with E-state index in [1.165, 1.54) is 12.1 Å². The molecule has 1 aromatic carbocycles. The van der Waals surface area contributed by atoms with Gasteiger partial charge in [0.1, 0.15) is 16.7 Å². The van der Waals surface area contributed by atoms with Crippen LogP contribution in [0, 0.1) is 11.6 Å². The number of benzene rings is 1. The molecule has 0 aliphatic heterocycles. The van der Waals surface area contributed by atoms with E-state index in [-0.39, 0.29) is 29.7 Å². The lowest BCUT2D eigenvalue weighted by atomic mass is 10.1. The minimum atomic E-state index is -1.15. The monoisotopic (exact) mass is 486 g/mol. The van der Waals surface area contributed by atoms with E-state index in [4.69, 9.17) is 22.1 Å². The third kappa shape index (κ3) is 4.95. The van der Waals surface area contributed by atoms with Crippen LogP contribution < -0.4 is 10.5 Å². The molecule has 3 aromatic heterocycles. The van der Waals surface area contributed by atoms with Crippen molar-refractivity contribution >= 4 is 17.4 Å². The Balaban J connectivity index is 1.67. The molecule has 2 N–H and O–H groups in total. The van der Waals surface area contributed by atoms with Crippen LogP contribution in [0.3, 0.4) is 0 Å². The van der Waals surface area contributed by atoms with Crippen molar-refractivity contribution < 1.29 is 13.5 Å². The zero-order chi connectivity index (χ0) is 24.2. The molecule has 0 saturated carbocycles. The summed E-state index contributed by atoms with van der Waals surface area (Å²) in [5.41, 5.74) is 7.60. The first-order valence-electron chi connectivity index (χ1n) is 10.3. The van der Waals surface area contributed by atoms with E-state index in [9.17, 15) is 8.78 Å². The summed E-state index contributed by atoms with van der Waals surface area (Å²) < 4.78 is 36.2. The van der Waals surface area contributed by atoms with Crippen LogP contribution in [0.5, 0.6) is 5.75 Å². The first kappa shape index (κ1) is 23.5. The summed E-state index contributed by atoms with van der Waals surface area (Å²) in [7, 11) is 3.84. The molecule has 0 amide bonds. The van der Waals surface area contributed by atoms with E-state index in [0.29, 0.717) is 22.7 Å². The minimum Gasteiger partial charge on any atom is -0.490 e. The number of nitrogens with zero attached hydrogens (tertiary/aromatic N) is 7. The molecule has 0 atom stereocenters. The van der Waals surface area contributed by atoms with E-state index in [0.717, 1.165) is 16.8 Å². The van der Waals surface area contributed by atoms with Gasteiger partial charge in [-0.2, -0.15) is 9.07 Å². The number of hydrogen-bond donors (Lipinski definition) is 1. The van der Waals surface area contributed by atoms with E-state index >= 15 is 0 Å². The van der Waals surface area contributed by atoms with Gasteiger partial charge in [-0.05, 0) is 66.8 Å². The first-order valence-corrected chi connectivity index (χ1v) is 10.6. The maximum Gasteiger partial charge on any atom is 0.202 e. The summed E-state index contributed by atoms with van der Waals surface area (Å²) in [6, 6.07) is 7.78. The fraction of sp³-hybridized carbons (Fsp3) is 0.227. The van der Waals surface area contributed by atoms with Gasteiger partial charge in [-0.3, -0.25) is 0 Å². The number of halogens is 3. The second-order valence-electron chi connectivity index (χ2n) is 7.65. The van der Waals surface area contributed by atoms with Crippen molar-refractivity contribution in [1.29, 1.82) is 0 Å². The molecule has 0 aliphatic rings.